The molecule has 0 amide bonds. The van der Waals surface area contributed by atoms with E-state index in [2.05, 4.69) is 15.2 Å². The number of carboxylic acids is 1. The van der Waals surface area contributed by atoms with Crippen LogP contribution in [0, 0.1) is 6.92 Å². The first kappa shape index (κ1) is 21.7. The van der Waals surface area contributed by atoms with Crippen molar-refractivity contribution in [2.45, 2.75) is 32.2 Å². The topological polar surface area (TPSA) is 95.7 Å². The molecule has 0 aliphatic carbocycles. The maximum absolute atomic E-state index is 13.2. The van der Waals surface area contributed by atoms with E-state index in [1.54, 1.807) is 24.3 Å². The predicted octanol–water partition coefficient (Wildman–Crippen LogP) is 5.36. The molecule has 0 radical (unpaired) electrons. The fourth-order valence-electron chi connectivity index (χ4n) is 4.49. The summed E-state index contributed by atoms with van der Waals surface area (Å²) in [6, 6.07) is 20.5. The Labute approximate surface area is 197 Å². The number of carbonyl (C=O) groups is 2. The number of oxazole rings is 1. The van der Waals surface area contributed by atoms with Gasteiger partial charge in [-0.25, -0.2) is 4.79 Å². The number of ketones is 1. The number of carboxylic acid groups (broad SMARTS) is 1. The summed E-state index contributed by atoms with van der Waals surface area (Å²) in [5.41, 5.74) is 5.38. The molecule has 0 unspecified atom stereocenters. The van der Waals surface area contributed by atoms with Gasteiger partial charge in [-0.1, -0.05) is 24.3 Å². The Bertz CT molecular complexity index is 1360. The fourth-order valence-corrected chi connectivity index (χ4v) is 4.49. The lowest BCUT2D eigenvalue weighted by molar-refractivity contribution is -0.119. The van der Waals surface area contributed by atoms with Crippen molar-refractivity contribution < 1.29 is 19.1 Å². The van der Waals surface area contributed by atoms with Gasteiger partial charge in [0.15, 0.2) is 11.4 Å². The van der Waals surface area contributed by atoms with Crippen molar-refractivity contribution in [3.63, 3.8) is 0 Å². The molecule has 34 heavy (non-hydrogen) atoms. The zero-order chi connectivity index (χ0) is 23.7. The van der Waals surface area contributed by atoms with Gasteiger partial charge in [0, 0.05) is 24.3 Å². The maximum Gasteiger partial charge on any atom is 0.335 e. The predicted molar refractivity (Wildman–Crippen MR) is 131 cm³/mol. The minimum atomic E-state index is -0.958. The Balaban J connectivity index is 1.30. The molecule has 4 aromatic rings. The van der Waals surface area contributed by atoms with E-state index in [0.29, 0.717) is 18.0 Å². The fraction of sp³-hybridized carbons (Fsp3) is 0.222. The van der Waals surface area contributed by atoms with Gasteiger partial charge in [-0.3, -0.25) is 4.79 Å². The van der Waals surface area contributed by atoms with Crippen molar-refractivity contribution in [2.75, 3.05) is 16.8 Å². The van der Waals surface area contributed by atoms with E-state index < -0.39 is 5.97 Å². The highest BCUT2D eigenvalue weighted by Gasteiger charge is 2.30. The number of nitrogens with one attached hydrogen (secondary N) is 1. The van der Waals surface area contributed by atoms with Crippen LogP contribution in [0.25, 0.3) is 11.1 Å². The Hall–Kier alpha value is -4.13. The van der Waals surface area contributed by atoms with Crippen molar-refractivity contribution >= 4 is 40.2 Å². The summed E-state index contributed by atoms with van der Waals surface area (Å²) in [6.07, 6.45) is 2.01. The van der Waals surface area contributed by atoms with Crippen LogP contribution in [0.3, 0.4) is 0 Å². The molecular formula is C27H25N3O4. The molecule has 1 saturated heterocycles. The average molecular weight is 456 g/mol. The number of para-hydroxylation sites is 1. The highest BCUT2D eigenvalue weighted by atomic mass is 16.4. The smallest absolute Gasteiger partial charge is 0.335 e. The van der Waals surface area contributed by atoms with Gasteiger partial charge in [0.05, 0.1) is 11.6 Å². The molecule has 172 valence electrons. The second-order valence-electron chi connectivity index (χ2n) is 8.61. The summed E-state index contributed by atoms with van der Waals surface area (Å²) in [7, 11) is 0. The second-order valence-corrected chi connectivity index (χ2v) is 8.61. The van der Waals surface area contributed by atoms with E-state index >= 15 is 0 Å². The Morgan fingerprint density at radius 1 is 1.12 bits per heavy atom. The second kappa shape index (κ2) is 9.02. The zero-order valence-electron chi connectivity index (χ0n) is 18.8. The van der Waals surface area contributed by atoms with E-state index in [0.717, 1.165) is 47.4 Å². The standard InChI is InChI=1S/C27H25N3O4/c1-17-5-2-3-6-21(17)28-27-29-22-13-8-18(16-25(22)34-27)15-24(31)23-7-4-14-30(23)20-11-9-19(10-12-20)26(32)33/h2-3,5-6,8-13,16,23H,4,7,14-15H2,1H3,(H,28,29)(H,32,33)/t23-/m1/s1. The van der Waals surface area contributed by atoms with Gasteiger partial charge in [0.2, 0.25) is 0 Å². The molecule has 1 aliphatic rings. The summed E-state index contributed by atoms with van der Waals surface area (Å²) in [5, 5.41) is 12.3. The lowest BCUT2D eigenvalue weighted by Gasteiger charge is -2.26. The largest absolute Gasteiger partial charge is 0.478 e. The van der Waals surface area contributed by atoms with Crippen LogP contribution in [-0.2, 0) is 11.2 Å². The van der Waals surface area contributed by atoms with E-state index in [4.69, 9.17) is 9.52 Å². The van der Waals surface area contributed by atoms with Gasteiger partial charge >= 0.3 is 5.97 Å². The van der Waals surface area contributed by atoms with Crippen molar-refractivity contribution in [3.8, 4) is 0 Å². The molecule has 1 aliphatic heterocycles. The lowest BCUT2D eigenvalue weighted by Crippen LogP contribution is -2.37. The molecule has 0 spiro atoms. The molecule has 0 saturated carbocycles. The van der Waals surface area contributed by atoms with Crippen molar-refractivity contribution in [1.82, 2.24) is 4.98 Å². The van der Waals surface area contributed by atoms with Crippen LogP contribution in [0.1, 0.15) is 34.3 Å². The first-order valence-corrected chi connectivity index (χ1v) is 11.3. The number of hydrogen-bond acceptors (Lipinski definition) is 6. The lowest BCUT2D eigenvalue weighted by atomic mass is 10.0. The Kier molecular flexibility index (Phi) is 5.76. The minimum Gasteiger partial charge on any atom is -0.478 e. The molecule has 7 nitrogen and oxygen atoms in total. The number of rotatable bonds is 7. The van der Waals surface area contributed by atoms with Crippen LogP contribution >= 0.6 is 0 Å². The van der Waals surface area contributed by atoms with Crippen molar-refractivity contribution in [2.24, 2.45) is 0 Å². The highest BCUT2D eigenvalue weighted by molar-refractivity contribution is 5.91. The first-order chi connectivity index (χ1) is 16.5. The Morgan fingerprint density at radius 2 is 1.91 bits per heavy atom. The van der Waals surface area contributed by atoms with Crippen molar-refractivity contribution in [3.05, 3.63) is 83.4 Å². The minimum absolute atomic E-state index is 0.136. The molecule has 2 N–H and O–H groups in total. The average Bonchev–Trinajstić information content (AvgIpc) is 3.47. The summed E-state index contributed by atoms with van der Waals surface area (Å²) in [4.78, 5) is 30.9. The third-order valence-corrected chi connectivity index (χ3v) is 6.29. The van der Waals surface area contributed by atoms with Crippen LogP contribution in [0.15, 0.2) is 71.1 Å². The number of aromatic carboxylic acids is 1. The summed E-state index contributed by atoms with van der Waals surface area (Å²) < 4.78 is 5.90. The molecule has 2 heterocycles. The van der Waals surface area contributed by atoms with Crippen LogP contribution in [0.5, 0.6) is 0 Å². The Morgan fingerprint density at radius 3 is 2.68 bits per heavy atom. The van der Waals surface area contributed by atoms with E-state index in [-0.39, 0.29) is 17.4 Å². The molecule has 1 aromatic heterocycles. The highest BCUT2D eigenvalue weighted by Crippen LogP contribution is 2.29. The molecule has 5 rings (SSSR count). The number of Topliss-reactive ketones (excluding diaryl/α,β-unsaturated/α-hetero) is 1. The first-order valence-electron chi connectivity index (χ1n) is 11.3. The number of nitrogens with zero attached hydrogens (tertiary/aromatic N) is 2. The maximum atomic E-state index is 13.2. The third-order valence-electron chi connectivity index (χ3n) is 6.29. The van der Waals surface area contributed by atoms with Crippen LogP contribution in [0.4, 0.5) is 17.4 Å². The van der Waals surface area contributed by atoms with Gasteiger partial charge in [-0.15, -0.1) is 0 Å². The number of hydrogen-bond donors (Lipinski definition) is 2. The number of carbonyl (C=O) groups excluding carboxylic acids is 1. The molecule has 0 bridgehead atoms. The summed E-state index contributed by atoms with van der Waals surface area (Å²) in [5.74, 6) is -0.822. The third kappa shape index (κ3) is 4.37. The normalized spacial score (nSPS) is 15.6. The van der Waals surface area contributed by atoms with Gasteiger partial charge < -0.3 is 19.7 Å². The van der Waals surface area contributed by atoms with E-state index in [1.165, 1.54) is 0 Å². The van der Waals surface area contributed by atoms with Crippen LogP contribution in [0.2, 0.25) is 0 Å². The number of benzene rings is 3. The number of aryl methyl sites for hydroxylation is 1. The van der Waals surface area contributed by atoms with Gasteiger partial charge in [0.1, 0.15) is 5.52 Å². The molecule has 1 fully saturated rings. The summed E-state index contributed by atoms with van der Waals surface area (Å²) >= 11 is 0. The van der Waals surface area contributed by atoms with Gasteiger partial charge in [-0.2, -0.15) is 4.98 Å². The zero-order valence-corrected chi connectivity index (χ0v) is 18.8. The number of aromatic nitrogens is 1. The van der Waals surface area contributed by atoms with E-state index in [9.17, 15) is 9.59 Å². The quantitative estimate of drug-likeness (QED) is 0.387. The number of anilines is 3. The van der Waals surface area contributed by atoms with E-state index in [1.807, 2.05) is 49.4 Å². The number of fused-ring (bicyclic) bond motifs is 1. The molecule has 7 heteroatoms. The van der Waals surface area contributed by atoms with Crippen LogP contribution < -0.4 is 10.2 Å². The molecular weight excluding hydrogens is 430 g/mol. The van der Waals surface area contributed by atoms with Gasteiger partial charge in [-0.05, 0) is 73.4 Å². The van der Waals surface area contributed by atoms with Crippen molar-refractivity contribution in [1.29, 1.82) is 0 Å². The van der Waals surface area contributed by atoms with Gasteiger partial charge in [0.25, 0.3) is 6.01 Å². The van der Waals surface area contributed by atoms with Crippen LogP contribution in [-0.4, -0.2) is 34.4 Å². The molecule has 3 aromatic carbocycles. The monoisotopic (exact) mass is 455 g/mol. The molecule has 1 atom stereocenters. The summed E-state index contributed by atoms with van der Waals surface area (Å²) in [6.45, 7) is 2.79. The SMILES string of the molecule is Cc1ccccc1Nc1nc2ccc(CC(=O)[C@H]3CCCN3c3ccc(C(=O)O)cc3)cc2o1.